The van der Waals surface area contributed by atoms with Gasteiger partial charge in [0.2, 0.25) is 0 Å². The zero-order valence-electron chi connectivity index (χ0n) is 9.78. The number of thiazole rings is 1. The van der Waals surface area contributed by atoms with Gasteiger partial charge in [-0.2, -0.15) is 0 Å². The van der Waals surface area contributed by atoms with Gasteiger partial charge in [-0.25, -0.2) is 4.98 Å². The van der Waals surface area contributed by atoms with Gasteiger partial charge in [-0.3, -0.25) is 0 Å². The van der Waals surface area contributed by atoms with Crippen LogP contribution in [0.15, 0.2) is 5.38 Å². The van der Waals surface area contributed by atoms with E-state index in [0.717, 1.165) is 16.9 Å². The topological polar surface area (TPSA) is 28.2 Å². The number of hydrogen-bond acceptors (Lipinski definition) is 4. The molecule has 1 aromatic heterocycles. The van der Waals surface area contributed by atoms with Gasteiger partial charge in [-0.1, -0.05) is 0 Å². The third kappa shape index (κ3) is 2.09. The summed E-state index contributed by atoms with van der Waals surface area (Å²) >= 11 is 1.73. The second kappa shape index (κ2) is 4.34. The summed E-state index contributed by atoms with van der Waals surface area (Å²) in [5.74, 6) is 0. The number of aryl methyl sites for hydroxylation is 1. The Morgan fingerprint density at radius 1 is 1.44 bits per heavy atom. The molecule has 0 bridgehead atoms. The molecular weight excluding hydrogens is 218 g/mol. The summed E-state index contributed by atoms with van der Waals surface area (Å²) < 4.78 is 0. The summed E-state index contributed by atoms with van der Waals surface area (Å²) in [6, 6.07) is 1.48. The smallest absolute Gasteiger partial charge is 0.183 e. The molecule has 0 spiro atoms. The van der Waals surface area contributed by atoms with Gasteiger partial charge >= 0.3 is 0 Å². The Kier molecular flexibility index (Phi) is 2.86. The molecule has 0 radical (unpaired) electrons. The number of nitrogens with zero attached hydrogens (tertiary/aromatic N) is 2. The molecule has 1 N–H and O–H groups in total. The highest BCUT2D eigenvalue weighted by Gasteiger charge is 2.31. The van der Waals surface area contributed by atoms with E-state index in [0.29, 0.717) is 6.04 Å². The molecule has 88 valence electrons. The van der Waals surface area contributed by atoms with Crippen LogP contribution in [0.4, 0.5) is 5.13 Å². The van der Waals surface area contributed by atoms with E-state index in [4.69, 9.17) is 0 Å². The average Bonchev–Trinajstić information content (AvgIpc) is 2.87. The van der Waals surface area contributed by atoms with Crippen LogP contribution in [0.5, 0.6) is 0 Å². The van der Waals surface area contributed by atoms with E-state index in [9.17, 15) is 0 Å². The van der Waals surface area contributed by atoms with Gasteiger partial charge in [-0.05, 0) is 39.2 Å². The van der Waals surface area contributed by atoms with Crippen LogP contribution in [0.1, 0.15) is 31.4 Å². The number of hydrogen-bond donors (Lipinski definition) is 1. The predicted molar refractivity (Wildman–Crippen MR) is 68.1 cm³/mol. The van der Waals surface area contributed by atoms with Crippen LogP contribution >= 0.6 is 11.3 Å². The fraction of sp³-hybridized carbons (Fsp3) is 0.750. The minimum absolute atomic E-state index is 0.643. The number of piperidine rings is 1. The van der Waals surface area contributed by atoms with E-state index < -0.39 is 0 Å². The fourth-order valence-corrected chi connectivity index (χ4v) is 3.72. The molecule has 2 aliphatic rings. The first-order valence-electron chi connectivity index (χ1n) is 6.24. The Morgan fingerprint density at radius 2 is 2.38 bits per heavy atom. The fourth-order valence-electron chi connectivity index (χ4n) is 2.95. The van der Waals surface area contributed by atoms with Gasteiger partial charge in [0.15, 0.2) is 5.13 Å². The minimum atomic E-state index is 0.643. The standard InChI is InChI=1S/C12H19N3S/c1-9-8-16-12(13-9)14-10-4-6-15-5-2-3-11(15)7-10/h8,10-11H,2-7H2,1H3,(H,13,14). The van der Waals surface area contributed by atoms with Crippen molar-refractivity contribution in [3.63, 3.8) is 0 Å². The molecule has 0 aliphatic carbocycles. The van der Waals surface area contributed by atoms with E-state index in [1.54, 1.807) is 11.3 Å². The van der Waals surface area contributed by atoms with Gasteiger partial charge in [0.25, 0.3) is 0 Å². The Bertz CT molecular complexity index is 363. The van der Waals surface area contributed by atoms with Crippen LogP contribution in [-0.2, 0) is 0 Å². The number of anilines is 1. The first-order chi connectivity index (χ1) is 7.81. The van der Waals surface area contributed by atoms with Crippen molar-refractivity contribution in [3.8, 4) is 0 Å². The highest BCUT2D eigenvalue weighted by atomic mass is 32.1. The molecule has 0 saturated carbocycles. The maximum atomic E-state index is 4.48. The molecule has 16 heavy (non-hydrogen) atoms. The maximum Gasteiger partial charge on any atom is 0.183 e. The molecule has 3 nitrogen and oxygen atoms in total. The van der Waals surface area contributed by atoms with Crippen LogP contribution in [0.2, 0.25) is 0 Å². The Labute approximate surface area is 101 Å². The highest BCUT2D eigenvalue weighted by Crippen LogP contribution is 2.29. The third-order valence-corrected chi connectivity index (χ3v) is 4.66. The normalized spacial score (nSPS) is 30.3. The zero-order chi connectivity index (χ0) is 11.0. The Balaban J connectivity index is 1.60. The second-order valence-corrected chi connectivity index (χ2v) is 5.85. The molecule has 0 aromatic carbocycles. The highest BCUT2D eigenvalue weighted by molar-refractivity contribution is 7.13. The van der Waals surface area contributed by atoms with Crippen LogP contribution in [0, 0.1) is 6.92 Å². The zero-order valence-corrected chi connectivity index (χ0v) is 10.6. The lowest BCUT2D eigenvalue weighted by Gasteiger charge is -2.35. The van der Waals surface area contributed by atoms with Gasteiger partial charge in [-0.15, -0.1) is 11.3 Å². The average molecular weight is 237 g/mol. The molecule has 2 aliphatic heterocycles. The van der Waals surface area contributed by atoms with E-state index in [1.807, 2.05) is 0 Å². The van der Waals surface area contributed by atoms with E-state index >= 15 is 0 Å². The van der Waals surface area contributed by atoms with Crippen molar-refractivity contribution in [1.29, 1.82) is 0 Å². The van der Waals surface area contributed by atoms with E-state index in [1.165, 1.54) is 38.8 Å². The number of fused-ring (bicyclic) bond motifs is 1. The number of nitrogens with one attached hydrogen (secondary N) is 1. The molecule has 2 saturated heterocycles. The van der Waals surface area contributed by atoms with Gasteiger partial charge in [0, 0.05) is 24.0 Å². The SMILES string of the molecule is Cc1csc(NC2CCN3CCCC3C2)n1. The lowest BCUT2D eigenvalue weighted by molar-refractivity contribution is 0.188. The molecule has 3 rings (SSSR count). The summed E-state index contributed by atoms with van der Waals surface area (Å²) in [4.78, 5) is 7.14. The second-order valence-electron chi connectivity index (χ2n) is 4.99. The number of rotatable bonds is 2. The van der Waals surface area contributed by atoms with Crippen molar-refractivity contribution in [2.45, 2.75) is 44.7 Å². The van der Waals surface area contributed by atoms with Crippen LogP contribution in [0.25, 0.3) is 0 Å². The van der Waals surface area contributed by atoms with Crippen molar-refractivity contribution in [2.75, 3.05) is 18.4 Å². The lowest BCUT2D eigenvalue weighted by atomic mass is 9.98. The molecule has 4 heteroatoms. The molecular formula is C12H19N3S. The van der Waals surface area contributed by atoms with Crippen molar-refractivity contribution >= 4 is 16.5 Å². The predicted octanol–water partition coefficient (Wildman–Crippen LogP) is 2.49. The van der Waals surface area contributed by atoms with Crippen molar-refractivity contribution in [3.05, 3.63) is 11.1 Å². The molecule has 2 fully saturated rings. The molecule has 2 atom stereocenters. The summed E-state index contributed by atoms with van der Waals surface area (Å²) in [5.41, 5.74) is 1.13. The van der Waals surface area contributed by atoms with Crippen LogP contribution in [-0.4, -0.2) is 35.1 Å². The molecule has 0 amide bonds. The first-order valence-corrected chi connectivity index (χ1v) is 7.12. The van der Waals surface area contributed by atoms with Crippen LogP contribution in [0.3, 0.4) is 0 Å². The third-order valence-electron chi connectivity index (χ3n) is 3.77. The van der Waals surface area contributed by atoms with Crippen molar-refractivity contribution in [1.82, 2.24) is 9.88 Å². The lowest BCUT2D eigenvalue weighted by Crippen LogP contribution is -2.42. The number of aromatic nitrogens is 1. The van der Waals surface area contributed by atoms with Gasteiger partial charge in [0.05, 0.1) is 5.69 Å². The van der Waals surface area contributed by atoms with Crippen molar-refractivity contribution in [2.24, 2.45) is 0 Å². The molecule has 3 heterocycles. The minimum Gasteiger partial charge on any atom is -0.359 e. The van der Waals surface area contributed by atoms with Gasteiger partial charge in [0.1, 0.15) is 0 Å². The van der Waals surface area contributed by atoms with Gasteiger partial charge < -0.3 is 10.2 Å². The largest absolute Gasteiger partial charge is 0.359 e. The van der Waals surface area contributed by atoms with E-state index in [2.05, 4.69) is 27.5 Å². The monoisotopic (exact) mass is 237 g/mol. The summed E-state index contributed by atoms with van der Waals surface area (Å²) in [6.45, 7) is 4.65. The maximum absolute atomic E-state index is 4.48. The molecule has 2 unspecified atom stereocenters. The van der Waals surface area contributed by atoms with Crippen molar-refractivity contribution < 1.29 is 0 Å². The Hall–Kier alpha value is -0.610. The quantitative estimate of drug-likeness (QED) is 0.856. The summed E-state index contributed by atoms with van der Waals surface area (Å²) in [7, 11) is 0. The molecule has 1 aromatic rings. The van der Waals surface area contributed by atoms with Crippen LogP contribution < -0.4 is 5.32 Å². The Morgan fingerprint density at radius 3 is 3.19 bits per heavy atom. The summed E-state index contributed by atoms with van der Waals surface area (Å²) in [6.07, 6.45) is 5.37. The summed E-state index contributed by atoms with van der Waals surface area (Å²) in [5, 5.41) is 6.82. The first kappa shape index (κ1) is 10.5. The van der Waals surface area contributed by atoms with E-state index in [-0.39, 0.29) is 0 Å².